The van der Waals surface area contributed by atoms with Gasteiger partial charge in [-0.3, -0.25) is 0 Å². The van der Waals surface area contributed by atoms with Crippen LogP contribution in [0.1, 0.15) is 28.8 Å². The number of carbonyl (C=O) groups excluding carboxylic acids is 1. The Kier molecular flexibility index (Phi) is 4.65. The maximum atomic E-state index is 13.6. The average Bonchev–Trinajstić information content (AvgIpc) is 2.45. The Morgan fingerprint density at radius 2 is 1.95 bits per heavy atom. The molecular weight excluding hydrogens is 282 g/mol. The van der Waals surface area contributed by atoms with Gasteiger partial charge in [0, 0.05) is 0 Å². The van der Waals surface area contributed by atoms with E-state index in [9.17, 15) is 9.18 Å². The molecule has 0 aromatic heterocycles. The first-order valence-electron chi connectivity index (χ1n) is 6.05. The molecule has 6 heteroatoms. The Bertz CT molecular complexity index is 630. The van der Waals surface area contributed by atoms with E-state index >= 15 is 0 Å². The smallest absolute Gasteiger partial charge is 0.338 e. The van der Waals surface area contributed by atoms with Crippen molar-refractivity contribution in [1.82, 2.24) is 0 Å². The van der Waals surface area contributed by atoms with Crippen molar-refractivity contribution < 1.29 is 23.7 Å². The van der Waals surface area contributed by atoms with E-state index in [2.05, 4.69) is 0 Å². The Morgan fingerprint density at radius 3 is 2.60 bits per heavy atom. The Morgan fingerprint density at radius 1 is 1.25 bits per heavy atom. The third kappa shape index (κ3) is 3.12. The number of ether oxygens (including phenoxy) is 1. The second-order valence-electron chi connectivity index (χ2n) is 4.20. The van der Waals surface area contributed by atoms with Crippen LogP contribution in [0, 0.1) is 0 Å². The van der Waals surface area contributed by atoms with Gasteiger partial charge in [-0.2, -0.15) is 0 Å². The monoisotopic (exact) mass is 296 g/mol. The summed E-state index contributed by atoms with van der Waals surface area (Å²) in [5.41, 5.74) is 0.553. The zero-order valence-electron chi connectivity index (χ0n) is 10.8. The van der Waals surface area contributed by atoms with Crippen molar-refractivity contribution in [3.8, 4) is 0 Å². The molecule has 4 nitrogen and oxygen atoms in total. The van der Waals surface area contributed by atoms with Crippen LogP contribution in [0.2, 0.25) is 0 Å². The van der Waals surface area contributed by atoms with Crippen LogP contribution in [0.15, 0.2) is 36.4 Å². The maximum absolute atomic E-state index is 13.6. The predicted molar refractivity (Wildman–Crippen MR) is 75.1 cm³/mol. The normalized spacial score (nSPS) is 12.7. The molecule has 2 aromatic carbocycles. The second-order valence-corrected chi connectivity index (χ2v) is 5.29. The van der Waals surface area contributed by atoms with Gasteiger partial charge in [0.1, 0.15) is 0 Å². The van der Waals surface area contributed by atoms with E-state index in [1.807, 2.05) is 0 Å². The van der Waals surface area contributed by atoms with Gasteiger partial charge in [-0.25, -0.2) is 9.18 Å². The van der Waals surface area contributed by atoms with Crippen molar-refractivity contribution >= 4 is 25.1 Å². The van der Waals surface area contributed by atoms with Gasteiger partial charge in [0.15, 0.2) is 5.91 Å². The lowest BCUT2D eigenvalue weighted by molar-refractivity contribution is 0.0526. The summed E-state index contributed by atoms with van der Waals surface area (Å²) in [4.78, 5) is 29.5. The second kappa shape index (κ2) is 6.27. The van der Waals surface area contributed by atoms with Crippen molar-refractivity contribution in [3.63, 3.8) is 0 Å². The molecule has 0 saturated heterocycles. The minimum Gasteiger partial charge on any atom is -0.462 e. The highest BCUT2D eigenvalue weighted by Gasteiger charge is 2.19. The molecule has 1 unspecified atom stereocenters. The minimum absolute atomic E-state index is 0.176. The third-order valence-corrected chi connectivity index (χ3v) is 3.56. The first kappa shape index (κ1) is 14.9. The average molecular weight is 296 g/mol. The topological polar surface area (TPSA) is 66.8 Å². The molecule has 0 amide bonds. The van der Waals surface area contributed by atoms with Crippen molar-refractivity contribution in [2.24, 2.45) is 0 Å². The quantitative estimate of drug-likeness (QED) is 0.671. The molecule has 0 spiro atoms. The Labute approximate surface area is 116 Å². The predicted octanol–water partition coefficient (Wildman–Crippen LogP) is 3.28. The van der Waals surface area contributed by atoms with Crippen LogP contribution in [0.4, 0.5) is 4.39 Å². The van der Waals surface area contributed by atoms with Gasteiger partial charge in [0.25, 0.3) is 0 Å². The minimum atomic E-state index is -2.68. The number of hydrogen-bond donors (Lipinski definition) is 2. The van der Waals surface area contributed by atoms with Crippen LogP contribution in [0.25, 0.3) is 10.8 Å². The summed E-state index contributed by atoms with van der Waals surface area (Å²) in [7, 11) is -2.68. The zero-order valence-corrected chi connectivity index (χ0v) is 11.7. The summed E-state index contributed by atoms with van der Waals surface area (Å²) in [6, 6.07) is 9.64. The molecule has 0 aliphatic carbocycles. The highest BCUT2D eigenvalue weighted by molar-refractivity contribution is 7.45. The highest BCUT2D eigenvalue weighted by atomic mass is 31.2. The molecule has 0 bridgehead atoms. The zero-order chi connectivity index (χ0) is 14.7. The molecule has 106 valence electrons. The van der Waals surface area contributed by atoms with Crippen molar-refractivity contribution in [1.29, 1.82) is 0 Å². The number of alkyl halides is 1. The SMILES string of the molecule is CCOC(=O)c1ccc2ccc(C(F)P(O)O)cc2c1. The fourth-order valence-corrected chi connectivity index (χ4v) is 2.32. The fraction of sp³-hybridized carbons (Fsp3) is 0.214. The van der Waals surface area contributed by atoms with Gasteiger partial charge in [-0.05, 0) is 41.5 Å². The molecule has 0 radical (unpaired) electrons. The first-order chi connectivity index (χ1) is 9.52. The van der Waals surface area contributed by atoms with Crippen molar-refractivity contribution in [2.45, 2.75) is 12.8 Å². The molecule has 2 rings (SSSR count). The summed E-state index contributed by atoms with van der Waals surface area (Å²) in [5, 5.41) is 1.47. The van der Waals surface area contributed by atoms with Crippen LogP contribution in [-0.2, 0) is 4.74 Å². The van der Waals surface area contributed by atoms with E-state index < -0.39 is 20.3 Å². The van der Waals surface area contributed by atoms with Gasteiger partial charge < -0.3 is 14.5 Å². The Balaban J connectivity index is 2.42. The van der Waals surface area contributed by atoms with E-state index in [1.165, 1.54) is 12.1 Å². The molecule has 1 atom stereocenters. The number of benzene rings is 2. The molecule has 0 saturated carbocycles. The van der Waals surface area contributed by atoms with Gasteiger partial charge in [-0.1, -0.05) is 18.2 Å². The van der Waals surface area contributed by atoms with Crippen LogP contribution in [0.3, 0.4) is 0 Å². The summed E-state index contributed by atoms with van der Waals surface area (Å²) in [6.45, 7) is 2.00. The number of carbonyl (C=O) groups is 1. The van der Waals surface area contributed by atoms with Gasteiger partial charge in [-0.15, -0.1) is 0 Å². The lowest BCUT2D eigenvalue weighted by atomic mass is 10.0. The number of rotatable bonds is 4. The molecule has 0 fully saturated rings. The number of esters is 1. The van der Waals surface area contributed by atoms with E-state index in [0.29, 0.717) is 10.9 Å². The van der Waals surface area contributed by atoms with E-state index in [-0.39, 0.29) is 12.2 Å². The fourth-order valence-electron chi connectivity index (χ4n) is 1.89. The van der Waals surface area contributed by atoms with Crippen molar-refractivity contribution in [3.05, 3.63) is 47.5 Å². The van der Waals surface area contributed by atoms with Crippen LogP contribution in [0.5, 0.6) is 0 Å². The Hall–Kier alpha value is -1.55. The molecule has 20 heavy (non-hydrogen) atoms. The lowest BCUT2D eigenvalue weighted by Gasteiger charge is -2.11. The molecule has 2 N–H and O–H groups in total. The van der Waals surface area contributed by atoms with Crippen LogP contribution in [-0.4, -0.2) is 22.4 Å². The van der Waals surface area contributed by atoms with Crippen molar-refractivity contribution in [2.75, 3.05) is 6.61 Å². The molecule has 2 aromatic rings. The maximum Gasteiger partial charge on any atom is 0.338 e. The van der Waals surface area contributed by atoms with Gasteiger partial charge in [0.05, 0.1) is 12.2 Å². The first-order valence-corrected chi connectivity index (χ1v) is 7.36. The van der Waals surface area contributed by atoms with Crippen LogP contribution < -0.4 is 0 Å². The number of fused-ring (bicyclic) bond motifs is 1. The summed E-state index contributed by atoms with van der Waals surface area (Å²) in [5.74, 6) is -2.26. The molecule has 0 heterocycles. The van der Waals surface area contributed by atoms with Gasteiger partial charge >= 0.3 is 5.97 Å². The van der Waals surface area contributed by atoms with Crippen LogP contribution >= 0.6 is 8.38 Å². The van der Waals surface area contributed by atoms with E-state index in [4.69, 9.17) is 14.5 Å². The van der Waals surface area contributed by atoms with E-state index in [1.54, 1.807) is 31.2 Å². The summed E-state index contributed by atoms with van der Waals surface area (Å²) < 4.78 is 18.5. The molecule has 0 aliphatic heterocycles. The highest BCUT2D eigenvalue weighted by Crippen LogP contribution is 2.45. The largest absolute Gasteiger partial charge is 0.462 e. The summed E-state index contributed by atoms with van der Waals surface area (Å²) in [6.07, 6.45) is 0. The lowest BCUT2D eigenvalue weighted by Crippen LogP contribution is -2.04. The third-order valence-electron chi connectivity index (χ3n) is 2.85. The van der Waals surface area contributed by atoms with E-state index in [0.717, 1.165) is 5.39 Å². The molecular formula is C14H14FO4P. The standard InChI is InChI=1S/C14H14FO4P/c1-2-19-14(16)11-6-4-9-3-5-10(7-12(9)8-11)13(15)20(17)18/h3-8,13,17-18H,2H2,1H3. The summed E-state index contributed by atoms with van der Waals surface area (Å²) >= 11 is 0. The number of hydrogen-bond acceptors (Lipinski definition) is 4. The number of halogens is 1. The van der Waals surface area contributed by atoms with Gasteiger partial charge in [0.2, 0.25) is 8.38 Å². The molecule has 0 aliphatic rings.